The summed E-state index contributed by atoms with van der Waals surface area (Å²) in [4.78, 5) is 28.5. The number of pyridine rings is 1. The topological polar surface area (TPSA) is 82.5 Å². The van der Waals surface area contributed by atoms with E-state index in [-0.39, 0.29) is 17.8 Å². The second kappa shape index (κ2) is 7.61. The fourth-order valence-electron chi connectivity index (χ4n) is 1.86. The summed E-state index contributed by atoms with van der Waals surface area (Å²) < 4.78 is 0. The fraction of sp³-hybridized carbons (Fsp3) is 0.533. The first-order valence-electron chi connectivity index (χ1n) is 7.04. The molecule has 1 heterocycles. The van der Waals surface area contributed by atoms with Crippen molar-refractivity contribution in [2.75, 3.05) is 6.54 Å². The van der Waals surface area contributed by atoms with Gasteiger partial charge in [0.25, 0.3) is 0 Å². The first-order valence-corrected chi connectivity index (χ1v) is 7.04. The number of carboxylic acids is 1. The first kappa shape index (κ1) is 16.9. The van der Waals surface area contributed by atoms with Crippen molar-refractivity contribution >= 4 is 12.0 Å². The van der Waals surface area contributed by atoms with Crippen LogP contribution in [0.15, 0.2) is 18.3 Å². The van der Waals surface area contributed by atoms with Crippen LogP contribution < -0.4 is 5.32 Å². The van der Waals surface area contributed by atoms with E-state index >= 15 is 0 Å². The van der Waals surface area contributed by atoms with Gasteiger partial charge >= 0.3 is 12.0 Å². The third kappa shape index (κ3) is 5.41. The number of nitrogens with zero attached hydrogens (tertiary/aromatic N) is 2. The van der Waals surface area contributed by atoms with E-state index in [9.17, 15) is 9.59 Å². The van der Waals surface area contributed by atoms with Gasteiger partial charge < -0.3 is 15.3 Å². The summed E-state index contributed by atoms with van der Waals surface area (Å²) >= 11 is 0. The van der Waals surface area contributed by atoms with E-state index in [0.29, 0.717) is 19.0 Å². The summed E-state index contributed by atoms with van der Waals surface area (Å²) in [6, 6.07) is 3.08. The smallest absolute Gasteiger partial charge is 0.354 e. The predicted molar refractivity (Wildman–Crippen MR) is 80.1 cm³/mol. The zero-order valence-electron chi connectivity index (χ0n) is 13.0. The number of aromatic carboxylic acids is 1. The second-order valence-electron chi connectivity index (χ2n) is 5.66. The van der Waals surface area contributed by atoms with Crippen LogP contribution in [0.25, 0.3) is 0 Å². The molecule has 1 rings (SSSR count). The Bertz CT molecular complexity index is 483. The van der Waals surface area contributed by atoms with Gasteiger partial charge in [-0.1, -0.05) is 19.9 Å². The van der Waals surface area contributed by atoms with E-state index in [1.54, 1.807) is 11.0 Å². The van der Waals surface area contributed by atoms with Gasteiger partial charge in [-0.2, -0.15) is 0 Å². The molecule has 0 aliphatic carbocycles. The van der Waals surface area contributed by atoms with Crippen molar-refractivity contribution in [3.05, 3.63) is 29.6 Å². The molecule has 21 heavy (non-hydrogen) atoms. The molecule has 0 aliphatic rings. The lowest BCUT2D eigenvalue weighted by molar-refractivity contribution is 0.0690. The summed E-state index contributed by atoms with van der Waals surface area (Å²) in [5.41, 5.74) is 0.760. The number of urea groups is 1. The molecule has 0 unspecified atom stereocenters. The summed E-state index contributed by atoms with van der Waals surface area (Å²) in [6.45, 7) is 9.11. The average Bonchev–Trinajstić information content (AvgIpc) is 2.42. The minimum Gasteiger partial charge on any atom is -0.477 e. The molecular formula is C15H23N3O3. The Morgan fingerprint density at radius 1 is 1.29 bits per heavy atom. The Hall–Kier alpha value is -2.11. The zero-order valence-corrected chi connectivity index (χ0v) is 13.0. The number of aromatic nitrogens is 1. The fourth-order valence-corrected chi connectivity index (χ4v) is 1.86. The van der Waals surface area contributed by atoms with Crippen molar-refractivity contribution in [3.63, 3.8) is 0 Å². The normalized spacial score (nSPS) is 10.8. The van der Waals surface area contributed by atoms with E-state index in [0.717, 1.165) is 5.56 Å². The monoisotopic (exact) mass is 293 g/mol. The lowest BCUT2D eigenvalue weighted by Crippen LogP contribution is -2.45. The molecule has 2 amide bonds. The average molecular weight is 293 g/mol. The molecule has 116 valence electrons. The molecule has 0 atom stereocenters. The van der Waals surface area contributed by atoms with Gasteiger partial charge in [0, 0.05) is 25.3 Å². The highest BCUT2D eigenvalue weighted by Crippen LogP contribution is 2.06. The molecule has 0 fully saturated rings. The largest absolute Gasteiger partial charge is 0.477 e. The van der Waals surface area contributed by atoms with Gasteiger partial charge in [-0.15, -0.1) is 0 Å². The molecule has 0 bridgehead atoms. The van der Waals surface area contributed by atoms with E-state index in [1.807, 2.05) is 13.8 Å². The molecule has 0 aliphatic heterocycles. The summed E-state index contributed by atoms with van der Waals surface area (Å²) in [5, 5.41) is 11.6. The van der Waals surface area contributed by atoms with E-state index < -0.39 is 5.97 Å². The van der Waals surface area contributed by atoms with Crippen LogP contribution in [0.4, 0.5) is 4.79 Å². The SMILES string of the molecule is CC(C)CN(C(=O)NCc1ccc(C(=O)O)nc1)C(C)C. The Morgan fingerprint density at radius 3 is 2.38 bits per heavy atom. The van der Waals surface area contributed by atoms with Gasteiger partial charge in [-0.05, 0) is 31.4 Å². The number of amides is 2. The molecule has 1 aromatic rings. The number of hydrogen-bond donors (Lipinski definition) is 2. The number of carboxylic acid groups (broad SMARTS) is 1. The summed E-state index contributed by atoms with van der Waals surface area (Å²) in [6.07, 6.45) is 1.46. The van der Waals surface area contributed by atoms with Crippen LogP contribution in [-0.2, 0) is 6.54 Å². The van der Waals surface area contributed by atoms with Crippen LogP contribution >= 0.6 is 0 Å². The molecule has 0 saturated heterocycles. The highest BCUT2D eigenvalue weighted by atomic mass is 16.4. The minimum atomic E-state index is -1.06. The lowest BCUT2D eigenvalue weighted by Gasteiger charge is -2.28. The van der Waals surface area contributed by atoms with E-state index in [2.05, 4.69) is 24.1 Å². The maximum absolute atomic E-state index is 12.2. The molecule has 6 nitrogen and oxygen atoms in total. The van der Waals surface area contributed by atoms with Crippen LogP contribution in [0.3, 0.4) is 0 Å². The quantitative estimate of drug-likeness (QED) is 0.843. The zero-order chi connectivity index (χ0) is 16.0. The molecular weight excluding hydrogens is 270 g/mol. The highest BCUT2D eigenvalue weighted by molar-refractivity contribution is 5.85. The Morgan fingerprint density at radius 2 is 1.95 bits per heavy atom. The third-order valence-electron chi connectivity index (χ3n) is 2.93. The van der Waals surface area contributed by atoms with Gasteiger partial charge in [0.2, 0.25) is 0 Å². The first-order chi connectivity index (χ1) is 9.81. The molecule has 0 saturated carbocycles. The second-order valence-corrected chi connectivity index (χ2v) is 5.66. The number of carbonyl (C=O) groups excluding carboxylic acids is 1. The Balaban J connectivity index is 2.60. The molecule has 0 radical (unpaired) electrons. The van der Waals surface area contributed by atoms with Crippen molar-refractivity contribution in [2.45, 2.75) is 40.3 Å². The summed E-state index contributed by atoms with van der Waals surface area (Å²) in [7, 11) is 0. The van der Waals surface area contributed by atoms with Crippen LogP contribution in [0, 0.1) is 5.92 Å². The molecule has 0 aromatic carbocycles. The Kier molecular flexibility index (Phi) is 6.14. The maximum Gasteiger partial charge on any atom is 0.354 e. The van der Waals surface area contributed by atoms with Crippen LogP contribution in [-0.4, -0.2) is 39.6 Å². The van der Waals surface area contributed by atoms with E-state index in [1.165, 1.54) is 12.3 Å². The van der Waals surface area contributed by atoms with Crippen LogP contribution in [0.5, 0.6) is 0 Å². The predicted octanol–water partition coefficient (Wildman–Crippen LogP) is 2.36. The van der Waals surface area contributed by atoms with Gasteiger partial charge in [0.15, 0.2) is 0 Å². The molecule has 1 aromatic heterocycles. The van der Waals surface area contributed by atoms with Crippen molar-refractivity contribution in [1.82, 2.24) is 15.2 Å². The maximum atomic E-state index is 12.2. The minimum absolute atomic E-state index is 0.00584. The van der Waals surface area contributed by atoms with Gasteiger partial charge in [-0.25, -0.2) is 14.6 Å². The van der Waals surface area contributed by atoms with E-state index in [4.69, 9.17) is 5.11 Å². The van der Waals surface area contributed by atoms with Gasteiger partial charge in [0.1, 0.15) is 5.69 Å². The Labute approximate surface area is 125 Å². The van der Waals surface area contributed by atoms with Crippen LogP contribution in [0.1, 0.15) is 43.7 Å². The molecule has 0 spiro atoms. The third-order valence-corrected chi connectivity index (χ3v) is 2.93. The molecule has 6 heteroatoms. The standard InChI is InChI=1S/C15H23N3O3/c1-10(2)9-18(11(3)4)15(21)17-8-12-5-6-13(14(19)20)16-7-12/h5-7,10-11H,8-9H2,1-4H3,(H,17,21)(H,19,20). The van der Waals surface area contributed by atoms with Crippen molar-refractivity contribution in [1.29, 1.82) is 0 Å². The van der Waals surface area contributed by atoms with Crippen molar-refractivity contribution in [3.8, 4) is 0 Å². The lowest BCUT2D eigenvalue weighted by atomic mass is 10.2. The van der Waals surface area contributed by atoms with Crippen LogP contribution in [0.2, 0.25) is 0 Å². The molecule has 2 N–H and O–H groups in total. The highest BCUT2D eigenvalue weighted by Gasteiger charge is 2.17. The van der Waals surface area contributed by atoms with Crippen molar-refractivity contribution in [2.24, 2.45) is 5.92 Å². The number of hydrogen-bond acceptors (Lipinski definition) is 3. The number of rotatable bonds is 6. The summed E-state index contributed by atoms with van der Waals surface area (Å²) in [5.74, 6) is -0.664. The van der Waals surface area contributed by atoms with Crippen molar-refractivity contribution < 1.29 is 14.7 Å². The van der Waals surface area contributed by atoms with Gasteiger partial charge in [-0.3, -0.25) is 0 Å². The number of nitrogens with one attached hydrogen (secondary N) is 1. The van der Waals surface area contributed by atoms with Gasteiger partial charge in [0.05, 0.1) is 0 Å². The number of carbonyl (C=O) groups is 2.